The fraction of sp³-hybridized carbons (Fsp3) is 0.625. The van der Waals surface area contributed by atoms with Crippen molar-refractivity contribution in [3.63, 3.8) is 0 Å². The molecule has 1 rings (SSSR count). The molecule has 0 aromatic heterocycles. The minimum Gasteiger partial charge on any atom is -0.496 e. The molecule has 0 saturated heterocycles. The van der Waals surface area contributed by atoms with Gasteiger partial charge < -0.3 is 15.2 Å². The van der Waals surface area contributed by atoms with Gasteiger partial charge in [0.25, 0.3) is 0 Å². The predicted octanol–water partition coefficient (Wildman–Crippen LogP) is 3.19. The van der Waals surface area contributed by atoms with E-state index in [0.29, 0.717) is 18.4 Å². The second-order valence-corrected chi connectivity index (χ2v) is 5.57. The Morgan fingerprint density at radius 1 is 1.11 bits per heavy atom. The molecular weight excluding hydrogens is 238 g/mol. The number of methoxy groups -OCH3 is 1. The Bertz CT molecular complexity index is 413. The van der Waals surface area contributed by atoms with Crippen LogP contribution in [-0.2, 0) is 0 Å². The van der Waals surface area contributed by atoms with Gasteiger partial charge in [-0.3, -0.25) is 0 Å². The Labute approximate surface area is 117 Å². The SMILES string of the molecule is CNCC(O)c1c(C(C)C)ccc(C(C)C)c1OC. The highest BCUT2D eigenvalue weighted by atomic mass is 16.5. The van der Waals surface area contributed by atoms with Crippen LogP contribution in [0.5, 0.6) is 5.75 Å². The first kappa shape index (κ1) is 16.0. The van der Waals surface area contributed by atoms with Crippen LogP contribution in [0.3, 0.4) is 0 Å². The minimum atomic E-state index is -0.545. The molecule has 1 unspecified atom stereocenters. The first-order chi connectivity index (χ1) is 8.93. The Morgan fingerprint density at radius 3 is 2.05 bits per heavy atom. The van der Waals surface area contributed by atoms with Crippen LogP contribution in [0, 0.1) is 0 Å². The van der Waals surface area contributed by atoms with E-state index in [0.717, 1.165) is 22.4 Å². The lowest BCUT2D eigenvalue weighted by Crippen LogP contribution is -2.19. The molecule has 0 amide bonds. The van der Waals surface area contributed by atoms with E-state index in [1.54, 1.807) is 7.11 Å². The average molecular weight is 265 g/mol. The van der Waals surface area contributed by atoms with E-state index in [1.165, 1.54) is 0 Å². The average Bonchev–Trinajstić information content (AvgIpc) is 2.36. The number of ether oxygens (including phenoxy) is 1. The number of hydrogen-bond acceptors (Lipinski definition) is 3. The van der Waals surface area contributed by atoms with Crippen molar-refractivity contribution < 1.29 is 9.84 Å². The summed E-state index contributed by atoms with van der Waals surface area (Å²) in [5.74, 6) is 1.57. The lowest BCUT2D eigenvalue weighted by molar-refractivity contribution is 0.171. The number of benzene rings is 1. The molecular formula is C16H27NO2. The molecule has 0 radical (unpaired) electrons. The maximum atomic E-state index is 10.4. The van der Waals surface area contributed by atoms with Gasteiger partial charge in [-0.25, -0.2) is 0 Å². The molecule has 0 saturated carbocycles. The maximum Gasteiger partial charge on any atom is 0.128 e. The fourth-order valence-electron chi connectivity index (χ4n) is 2.46. The molecule has 0 bridgehead atoms. The van der Waals surface area contributed by atoms with Gasteiger partial charge in [0.2, 0.25) is 0 Å². The standard InChI is InChI=1S/C16H27NO2/c1-10(2)12-7-8-13(11(3)4)16(19-6)15(12)14(18)9-17-5/h7-8,10-11,14,17-18H,9H2,1-6H3. The van der Waals surface area contributed by atoms with Gasteiger partial charge in [-0.1, -0.05) is 39.8 Å². The zero-order chi connectivity index (χ0) is 14.6. The summed E-state index contributed by atoms with van der Waals surface area (Å²) in [6.45, 7) is 9.08. The second-order valence-electron chi connectivity index (χ2n) is 5.57. The molecule has 0 heterocycles. The third-order valence-corrected chi connectivity index (χ3v) is 3.44. The summed E-state index contributed by atoms with van der Waals surface area (Å²) in [5.41, 5.74) is 3.24. The van der Waals surface area contributed by atoms with Gasteiger partial charge >= 0.3 is 0 Å². The van der Waals surface area contributed by atoms with Crippen LogP contribution in [0.15, 0.2) is 12.1 Å². The van der Waals surface area contributed by atoms with Gasteiger partial charge in [-0.15, -0.1) is 0 Å². The molecule has 3 nitrogen and oxygen atoms in total. The molecule has 1 atom stereocenters. The summed E-state index contributed by atoms with van der Waals surface area (Å²) in [4.78, 5) is 0. The summed E-state index contributed by atoms with van der Waals surface area (Å²) in [7, 11) is 3.53. The molecule has 0 aliphatic heterocycles. The predicted molar refractivity (Wildman–Crippen MR) is 80.1 cm³/mol. The topological polar surface area (TPSA) is 41.5 Å². The Kier molecular flexibility index (Phi) is 5.83. The molecule has 108 valence electrons. The van der Waals surface area contributed by atoms with Crippen LogP contribution in [-0.4, -0.2) is 25.8 Å². The summed E-state index contributed by atoms with van der Waals surface area (Å²) >= 11 is 0. The molecule has 1 aromatic carbocycles. The lowest BCUT2D eigenvalue weighted by Gasteiger charge is -2.24. The van der Waals surface area contributed by atoms with Gasteiger partial charge in [0.05, 0.1) is 13.2 Å². The van der Waals surface area contributed by atoms with Crippen LogP contribution in [0.1, 0.15) is 62.3 Å². The minimum absolute atomic E-state index is 0.358. The number of likely N-dealkylation sites (N-methyl/N-ethyl adjacent to an activating group) is 1. The quantitative estimate of drug-likeness (QED) is 0.830. The van der Waals surface area contributed by atoms with E-state index < -0.39 is 6.10 Å². The lowest BCUT2D eigenvalue weighted by atomic mass is 9.88. The van der Waals surface area contributed by atoms with Crippen molar-refractivity contribution in [1.82, 2.24) is 5.32 Å². The summed E-state index contributed by atoms with van der Waals surface area (Å²) < 4.78 is 5.61. The fourth-order valence-corrected chi connectivity index (χ4v) is 2.46. The smallest absolute Gasteiger partial charge is 0.128 e. The second kappa shape index (κ2) is 6.92. The van der Waals surface area contributed by atoms with E-state index in [-0.39, 0.29) is 0 Å². The number of aliphatic hydroxyl groups excluding tert-OH is 1. The third-order valence-electron chi connectivity index (χ3n) is 3.44. The molecule has 3 heteroatoms. The third kappa shape index (κ3) is 3.48. The van der Waals surface area contributed by atoms with Crippen LogP contribution in [0.2, 0.25) is 0 Å². The van der Waals surface area contributed by atoms with Crippen LogP contribution in [0.25, 0.3) is 0 Å². The van der Waals surface area contributed by atoms with E-state index >= 15 is 0 Å². The van der Waals surface area contributed by atoms with Gasteiger partial charge in [-0.2, -0.15) is 0 Å². The summed E-state index contributed by atoms with van der Waals surface area (Å²) in [6.07, 6.45) is -0.545. The first-order valence-electron chi connectivity index (χ1n) is 6.97. The zero-order valence-electron chi connectivity index (χ0n) is 12.9. The highest BCUT2D eigenvalue weighted by Gasteiger charge is 2.22. The molecule has 0 aliphatic carbocycles. The summed E-state index contributed by atoms with van der Waals surface area (Å²) in [5, 5.41) is 13.5. The van der Waals surface area contributed by atoms with E-state index in [9.17, 15) is 5.11 Å². The van der Waals surface area contributed by atoms with Crippen molar-refractivity contribution in [2.45, 2.75) is 45.6 Å². The number of nitrogens with one attached hydrogen (secondary N) is 1. The van der Waals surface area contributed by atoms with Crippen molar-refractivity contribution in [1.29, 1.82) is 0 Å². The maximum absolute atomic E-state index is 10.4. The van der Waals surface area contributed by atoms with Crippen molar-refractivity contribution in [2.24, 2.45) is 0 Å². The van der Waals surface area contributed by atoms with Crippen LogP contribution in [0.4, 0.5) is 0 Å². The zero-order valence-corrected chi connectivity index (χ0v) is 12.9. The first-order valence-corrected chi connectivity index (χ1v) is 6.97. The number of aliphatic hydroxyl groups is 1. The number of hydrogen-bond donors (Lipinski definition) is 2. The molecule has 0 spiro atoms. The van der Waals surface area contributed by atoms with Crippen LogP contribution < -0.4 is 10.1 Å². The van der Waals surface area contributed by atoms with E-state index in [4.69, 9.17) is 4.74 Å². The van der Waals surface area contributed by atoms with Gasteiger partial charge in [0.1, 0.15) is 5.75 Å². The monoisotopic (exact) mass is 265 g/mol. The summed E-state index contributed by atoms with van der Waals surface area (Å²) in [6, 6.07) is 4.24. The molecule has 0 fully saturated rings. The largest absolute Gasteiger partial charge is 0.496 e. The van der Waals surface area contributed by atoms with Crippen molar-refractivity contribution in [2.75, 3.05) is 20.7 Å². The molecule has 19 heavy (non-hydrogen) atoms. The Balaban J connectivity index is 3.45. The van der Waals surface area contributed by atoms with Crippen LogP contribution >= 0.6 is 0 Å². The van der Waals surface area contributed by atoms with E-state index in [1.807, 2.05) is 7.05 Å². The normalized spacial score (nSPS) is 13.1. The molecule has 0 aliphatic rings. The van der Waals surface area contributed by atoms with Gasteiger partial charge in [0, 0.05) is 12.1 Å². The van der Waals surface area contributed by atoms with Crippen molar-refractivity contribution >= 4 is 0 Å². The van der Waals surface area contributed by atoms with Crippen molar-refractivity contribution in [3.8, 4) is 5.75 Å². The van der Waals surface area contributed by atoms with Crippen molar-refractivity contribution in [3.05, 3.63) is 28.8 Å². The Morgan fingerprint density at radius 2 is 1.63 bits per heavy atom. The molecule has 2 N–H and O–H groups in total. The molecule has 1 aromatic rings. The van der Waals surface area contributed by atoms with Gasteiger partial charge in [-0.05, 0) is 30.0 Å². The highest BCUT2D eigenvalue weighted by molar-refractivity contribution is 5.50. The number of rotatable bonds is 6. The van der Waals surface area contributed by atoms with E-state index in [2.05, 4.69) is 45.1 Å². The highest BCUT2D eigenvalue weighted by Crippen LogP contribution is 2.38. The van der Waals surface area contributed by atoms with Gasteiger partial charge in [0.15, 0.2) is 0 Å². The Hall–Kier alpha value is -1.06.